The third-order valence-corrected chi connectivity index (χ3v) is 8.29. The Hall–Kier alpha value is -2.48. The predicted molar refractivity (Wildman–Crippen MR) is 128 cm³/mol. The summed E-state index contributed by atoms with van der Waals surface area (Å²) in [7, 11) is 0. The van der Waals surface area contributed by atoms with Gasteiger partial charge in [-0.25, -0.2) is 0 Å². The Morgan fingerprint density at radius 2 is 1.50 bits per heavy atom. The molecule has 0 bridgehead atoms. The Kier molecular flexibility index (Phi) is 7.26. The molecule has 2 heterocycles. The van der Waals surface area contributed by atoms with Gasteiger partial charge in [0.05, 0.1) is 10.4 Å². The third-order valence-electron chi connectivity index (χ3n) is 6.73. The topological polar surface area (TPSA) is 40.6 Å². The molecule has 34 heavy (non-hydrogen) atoms. The molecule has 1 spiro atoms. The lowest BCUT2D eigenvalue weighted by Crippen LogP contribution is -2.53. The number of thioether (sulfide) groups is 1. The van der Waals surface area contributed by atoms with E-state index in [1.165, 1.54) is 17.7 Å². The van der Waals surface area contributed by atoms with Crippen LogP contribution in [-0.2, 0) is 12.6 Å². The molecule has 4 rings (SSSR count). The first-order chi connectivity index (χ1) is 16.2. The molecule has 0 unspecified atom stereocenters. The predicted octanol–water partition coefficient (Wildman–Crippen LogP) is 5.87. The molecule has 2 aromatic carbocycles. The van der Waals surface area contributed by atoms with E-state index in [-0.39, 0.29) is 17.4 Å². The number of piperidine rings is 1. The summed E-state index contributed by atoms with van der Waals surface area (Å²) in [4.78, 5) is 29.4. The number of hydrogen-bond acceptors (Lipinski definition) is 3. The number of rotatable bonds is 5. The van der Waals surface area contributed by atoms with Crippen molar-refractivity contribution in [3.05, 3.63) is 70.8 Å². The lowest BCUT2D eigenvalue weighted by atomic mass is 9.99. The molecule has 0 saturated carbocycles. The van der Waals surface area contributed by atoms with Crippen molar-refractivity contribution in [3.8, 4) is 0 Å². The summed E-state index contributed by atoms with van der Waals surface area (Å²) in [6.07, 6.45) is 0.126. The number of unbranched alkanes of at least 4 members (excludes halogenated alkanes) is 1. The second-order valence-corrected chi connectivity index (χ2v) is 10.4. The van der Waals surface area contributed by atoms with E-state index in [2.05, 4.69) is 6.92 Å². The lowest BCUT2D eigenvalue weighted by Gasteiger charge is -2.44. The Morgan fingerprint density at radius 3 is 2.09 bits per heavy atom. The Morgan fingerprint density at radius 1 is 0.912 bits per heavy atom. The zero-order valence-electron chi connectivity index (χ0n) is 19.2. The minimum Gasteiger partial charge on any atom is -0.338 e. The molecule has 0 aromatic heterocycles. The van der Waals surface area contributed by atoms with E-state index in [1.807, 2.05) is 29.2 Å². The van der Waals surface area contributed by atoms with Gasteiger partial charge in [-0.15, -0.1) is 11.8 Å². The number of nitrogens with zero attached hydrogens (tertiary/aromatic N) is 2. The van der Waals surface area contributed by atoms with Gasteiger partial charge in [-0.2, -0.15) is 13.2 Å². The van der Waals surface area contributed by atoms with Crippen LogP contribution >= 0.6 is 11.8 Å². The average molecular weight is 491 g/mol. The van der Waals surface area contributed by atoms with E-state index >= 15 is 0 Å². The normalized spacial score (nSPS) is 17.9. The molecule has 0 N–H and O–H groups in total. The summed E-state index contributed by atoms with van der Waals surface area (Å²) in [6, 6.07) is 12.2. The largest absolute Gasteiger partial charge is 0.416 e. The van der Waals surface area contributed by atoms with E-state index in [4.69, 9.17) is 0 Å². The zero-order chi connectivity index (χ0) is 24.3. The van der Waals surface area contributed by atoms with Gasteiger partial charge in [-0.1, -0.05) is 25.5 Å². The van der Waals surface area contributed by atoms with Gasteiger partial charge in [0, 0.05) is 36.5 Å². The maximum atomic E-state index is 13.2. The SMILES string of the molecule is CCCCc1ccc(C(=O)N2CCC3(CC2)SCCN3C(=O)c2ccc(C(F)(F)F)cc2)cc1. The minimum atomic E-state index is -4.43. The van der Waals surface area contributed by atoms with Crippen LogP contribution in [0.2, 0.25) is 0 Å². The monoisotopic (exact) mass is 490 g/mol. The van der Waals surface area contributed by atoms with Crippen molar-refractivity contribution in [2.75, 3.05) is 25.4 Å². The van der Waals surface area contributed by atoms with E-state index in [9.17, 15) is 22.8 Å². The third kappa shape index (κ3) is 5.11. The highest BCUT2D eigenvalue weighted by Gasteiger charge is 2.47. The van der Waals surface area contributed by atoms with Crippen molar-refractivity contribution in [3.63, 3.8) is 0 Å². The van der Waals surface area contributed by atoms with Crippen molar-refractivity contribution in [1.29, 1.82) is 0 Å². The number of hydrogen-bond donors (Lipinski definition) is 0. The number of likely N-dealkylation sites (tertiary alicyclic amines) is 1. The van der Waals surface area contributed by atoms with Crippen LogP contribution in [0.5, 0.6) is 0 Å². The van der Waals surface area contributed by atoms with Crippen LogP contribution in [0.25, 0.3) is 0 Å². The van der Waals surface area contributed by atoms with Crippen LogP contribution in [0.4, 0.5) is 13.2 Å². The van der Waals surface area contributed by atoms with Crippen molar-refractivity contribution < 1.29 is 22.8 Å². The van der Waals surface area contributed by atoms with Crippen molar-refractivity contribution in [2.45, 2.75) is 50.1 Å². The van der Waals surface area contributed by atoms with Gasteiger partial charge < -0.3 is 9.80 Å². The zero-order valence-corrected chi connectivity index (χ0v) is 20.1. The summed E-state index contributed by atoms with van der Waals surface area (Å²) in [6.45, 7) is 3.79. The minimum absolute atomic E-state index is 0.000467. The van der Waals surface area contributed by atoms with E-state index in [1.54, 1.807) is 16.7 Å². The highest BCUT2D eigenvalue weighted by atomic mass is 32.2. The first-order valence-electron chi connectivity index (χ1n) is 11.7. The number of halogens is 3. The maximum absolute atomic E-state index is 13.2. The molecule has 2 fully saturated rings. The van der Waals surface area contributed by atoms with E-state index in [0.29, 0.717) is 38.0 Å². The van der Waals surface area contributed by atoms with Crippen LogP contribution in [-0.4, -0.2) is 51.9 Å². The van der Waals surface area contributed by atoms with Gasteiger partial charge in [0.2, 0.25) is 0 Å². The number of aryl methyl sites for hydroxylation is 1. The molecule has 0 atom stereocenters. The van der Waals surface area contributed by atoms with Gasteiger partial charge in [0.25, 0.3) is 11.8 Å². The van der Waals surface area contributed by atoms with E-state index in [0.717, 1.165) is 37.1 Å². The van der Waals surface area contributed by atoms with Gasteiger partial charge >= 0.3 is 6.18 Å². The number of carbonyl (C=O) groups is 2. The second kappa shape index (κ2) is 10.0. The van der Waals surface area contributed by atoms with Crippen LogP contribution in [0, 0.1) is 0 Å². The second-order valence-electron chi connectivity index (χ2n) is 8.92. The standard InChI is InChI=1S/C26H29F3N2O2S/c1-2-3-4-19-5-7-20(8-6-19)23(32)30-15-13-25(14-16-30)31(17-18-34-25)24(33)21-9-11-22(12-10-21)26(27,28)29/h5-12H,2-4,13-18H2,1H3. The number of amides is 2. The summed E-state index contributed by atoms with van der Waals surface area (Å²) < 4.78 is 38.6. The van der Waals surface area contributed by atoms with Crippen LogP contribution in [0.1, 0.15) is 64.4 Å². The number of alkyl halides is 3. The quantitative estimate of drug-likeness (QED) is 0.526. The molecule has 0 radical (unpaired) electrons. The number of benzene rings is 2. The van der Waals surface area contributed by atoms with Crippen molar-refractivity contribution >= 4 is 23.6 Å². The summed E-state index contributed by atoms with van der Waals surface area (Å²) >= 11 is 1.71. The Bertz CT molecular complexity index is 1010. The molecule has 2 aliphatic heterocycles. The van der Waals surface area contributed by atoms with Gasteiger partial charge in [-0.05, 0) is 67.6 Å². The van der Waals surface area contributed by atoms with Crippen LogP contribution in [0.3, 0.4) is 0 Å². The smallest absolute Gasteiger partial charge is 0.338 e. The summed E-state index contributed by atoms with van der Waals surface area (Å²) in [5.41, 5.74) is 1.40. The van der Waals surface area contributed by atoms with Gasteiger partial charge in [0.15, 0.2) is 0 Å². The average Bonchev–Trinajstić information content (AvgIpc) is 3.25. The first kappa shape index (κ1) is 24.6. The lowest BCUT2D eigenvalue weighted by molar-refractivity contribution is -0.137. The van der Waals surface area contributed by atoms with E-state index < -0.39 is 16.6 Å². The summed E-state index contributed by atoms with van der Waals surface area (Å²) in [5.74, 6) is 0.529. The highest BCUT2D eigenvalue weighted by molar-refractivity contribution is 8.00. The fourth-order valence-electron chi connectivity index (χ4n) is 4.70. The fourth-order valence-corrected chi connectivity index (χ4v) is 6.16. The molecular formula is C26H29F3N2O2S. The number of carbonyl (C=O) groups excluding carboxylic acids is 2. The van der Waals surface area contributed by atoms with Crippen LogP contribution < -0.4 is 0 Å². The molecule has 0 aliphatic carbocycles. The molecule has 8 heteroatoms. The van der Waals surface area contributed by atoms with Crippen molar-refractivity contribution in [1.82, 2.24) is 9.80 Å². The fraction of sp³-hybridized carbons (Fsp3) is 0.462. The molecule has 4 nitrogen and oxygen atoms in total. The Labute approximate surface area is 202 Å². The van der Waals surface area contributed by atoms with Gasteiger partial charge in [0.1, 0.15) is 0 Å². The molecule has 2 aromatic rings. The summed E-state index contributed by atoms with van der Waals surface area (Å²) in [5, 5.41) is 0. The Balaban J connectivity index is 1.40. The molecule has 2 amide bonds. The van der Waals surface area contributed by atoms with Gasteiger partial charge in [-0.3, -0.25) is 9.59 Å². The van der Waals surface area contributed by atoms with Crippen LogP contribution in [0.15, 0.2) is 48.5 Å². The molecule has 2 aliphatic rings. The molecule has 182 valence electrons. The van der Waals surface area contributed by atoms with Crippen molar-refractivity contribution in [2.24, 2.45) is 0 Å². The first-order valence-corrected chi connectivity index (χ1v) is 12.7. The highest BCUT2D eigenvalue weighted by Crippen LogP contribution is 2.44. The molecule has 2 saturated heterocycles. The molecular weight excluding hydrogens is 461 g/mol. The maximum Gasteiger partial charge on any atom is 0.416 e.